The maximum Gasteiger partial charge on any atom is 0.266 e. The summed E-state index contributed by atoms with van der Waals surface area (Å²) in [5.74, 6) is 1.39. The van der Waals surface area contributed by atoms with Crippen molar-refractivity contribution < 1.29 is 9.53 Å². The first kappa shape index (κ1) is 23.5. The third-order valence-corrected chi connectivity index (χ3v) is 5.70. The molecule has 1 unspecified atom stereocenters. The predicted octanol–water partition coefficient (Wildman–Crippen LogP) is 5.27. The van der Waals surface area contributed by atoms with Gasteiger partial charge in [0.05, 0.1) is 29.2 Å². The van der Waals surface area contributed by atoms with Crippen molar-refractivity contribution in [1.82, 2.24) is 14.5 Å². The number of amides is 1. The summed E-state index contributed by atoms with van der Waals surface area (Å²) in [4.78, 5) is 33.2. The molecule has 0 aliphatic rings. The van der Waals surface area contributed by atoms with Gasteiger partial charge in [0.15, 0.2) is 0 Å². The second kappa shape index (κ2) is 10.9. The smallest absolute Gasteiger partial charge is 0.266 e. The number of unbranched alkanes of at least 4 members (excludes halogenated alkanes) is 2. The first-order chi connectivity index (χ1) is 15.5. The molecule has 0 saturated carbocycles. The number of ether oxygens (including phenoxy) is 1. The molecule has 0 aliphatic heterocycles. The Morgan fingerprint density at radius 3 is 2.44 bits per heavy atom. The summed E-state index contributed by atoms with van der Waals surface area (Å²) < 4.78 is 7.18. The highest BCUT2D eigenvalue weighted by Gasteiger charge is 2.25. The first-order valence-electron chi connectivity index (χ1n) is 11.6. The van der Waals surface area contributed by atoms with Crippen molar-refractivity contribution in [2.75, 3.05) is 13.2 Å². The van der Waals surface area contributed by atoms with E-state index in [1.165, 1.54) is 0 Å². The minimum atomic E-state index is -0.349. The highest BCUT2D eigenvalue weighted by Crippen LogP contribution is 2.24. The van der Waals surface area contributed by atoms with Crippen LogP contribution in [0.5, 0.6) is 5.75 Å². The Bertz CT molecular complexity index is 1110. The van der Waals surface area contributed by atoms with Crippen LogP contribution in [0.15, 0.2) is 53.3 Å². The molecule has 32 heavy (non-hydrogen) atoms. The third kappa shape index (κ3) is 5.01. The van der Waals surface area contributed by atoms with Crippen LogP contribution >= 0.6 is 0 Å². The summed E-state index contributed by atoms with van der Waals surface area (Å²) in [7, 11) is 0. The molecule has 3 aromatic rings. The fourth-order valence-electron chi connectivity index (χ4n) is 4.01. The largest absolute Gasteiger partial charge is 0.494 e. The molecule has 170 valence electrons. The molecular formula is C26H33N3O3. The van der Waals surface area contributed by atoms with Gasteiger partial charge in [-0.1, -0.05) is 31.9 Å². The second-order valence-corrected chi connectivity index (χ2v) is 7.87. The number of benzene rings is 2. The highest BCUT2D eigenvalue weighted by atomic mass is 16.5. The van der Waals surface area contributed by atoms with E-state index < -0.39 is 0 Å². The van der Waals surface area contributed by atoms with Crippen LogP contribution in [-0.4, -0.2) is 33.5 Å². The number of fused-ring (bicyclic) bond motifs is 1. The van der Waals surface area contributed by atoms with Gasteiger partial charge >= 0.3 is 0 Å². The van der Waals surface area contributed by atoms with Crippen LogP contribution < -0.4 is 10.3 Å². The Morgan fingerprint density at radius 2 is 1.78 bits per heavy atom. The van der Waals surface area contributed by atoms with E-state index in [9.17, 15) is 9.59 Å². The molecule has 0 radical (unpaired) electrons. The van der Waals surface area contributed by atoms with Crippen LogP contribution in [0.2, 0.25) is 0 Å². The minimum absolute atomic E-state index is 0.0918. The average molecular weight is 436 g/mol. The van der Waals surface area contributed by atoms with Crippen molar-refractivity contribution in [3.8, 4) is 11.4 Å². The Labute approximate surface area is 189 Å². The summed E-state index contributed by atoms with van der Waals surface area (Å²) in [6.45, 7) is 9.10. The van der Waals surface area contributed by atoms with E-state index >= 15 is 0 Å². The van der Waals surface area contributed by atoms with Gasteiger partial charge in [-0.15, -0.1) is 0 Å². The summed E-state index contributed by atoms with van der Waals surface area (Å²) in [5, 5.41) is 0.551. The van der Waals surface area contributed by atoms with E-state index in [1.807, 2.05) is 68.1 Å². The van der Waals surface area contributed by atoms with E-state index in [0.29, 0.717) is 42.0 Å². The average Bonchev–Trinajstić information content (AvgIpc) is 2.80. The maximum absolute atomic E-state index is 13.5. The van der Waals surface area contributed by atoms with Crippen molar-refractivity contribution in [3.63, 3.8) is 0 Å². The van der Waals surface area contributed by atoms with Gasteiger partial charge in [0, 0.05) is 13.0 Å². The molecule has 1 heterocycles. The van der Waals surface area contributed by atoms with E-state index in [2.05, 4.69) is 6.92 Å². The van der Waals surface area contributed by atoms with Gasteiger partial charge in [-0.05, 0) is 63.6 Å². The van der Waals surface area contributed by atoms with Gasteiger partial charge in [-0.2, -0.15) is 0 Å². The molecule has 6 heteroatoms. The third-order valence-electron chi connectivity index (χ3n) is 5.70. The van der Waals surface area contributed by atoms with Gasteiger partial charge in [0.2, 0.25) is 5.91 Å². The van der Waals surface area contributed by atoms with Gasteiger partial charge in [0.25, 0.3) is 5.56 Å². The fraction of sp³-hybridized carbons (Fsp3) is 0.423. The highest BCUT2D eigenvalue weighted by molar-refractivity contribution is 5.79. The molecule has 0 aliphatic carbocycles. The van der Waals surface area contributed by atoms with Crippen LogP contribution in [0, 0.1) is 0 Å². The van der Waals surface area contributed by atoms with E-state index in [-0.39, 0.29) is 17.5 Å². The molecule has 0 saturated heterocycles. The molecule has 0 fully saturated rings. The zero-order chi connectivity index (χ0) is 23.1. The number of aromatic nitrogens is 2. The van der Waals surface area contributed by atoms with Crippen molar-refractivity contribution in [3.05, 3.63) is 64.7 Å². The lowest BCUT2D eigenvalue weighted by atomic mass is 10.1. The normalized spacial score (nSPS) is 12.0. The number of rotatable bonds is 10. The Kier molecular flexibility index (Phi) is 8.03. The summed E-state index contributed by atoms with van der Waals surface area (Å²) in [6.07, 6.45) is 3.48. The van der Waals surface area contributed by atoms with Gasteiger partial charge in [0.1, 0.15) is 11.6 Å². The standard InChI is InChI=1S/C26H33N3O3/c1-5-8-9-14-24(30)28(6-2)19(4)25-27-23-13-11-10-12-22(23)26(31)29(25)20-15-17-21(18-16-20)32-7-3/h10-13,15-19H,5-9,14H2,1-4H3. The van der Waals surface area contributed by atoms with Crippen LogP contribution in [0.4, 0.5) is 0 Å². The van der Waals surface area contributed by atoms with Crippen molar-refractivity contribution in [1.29, 1.82) is 0 Å². The van der Waals surface area contributed by atoms with Crippen LogP contribution in [-0.2, 0) is 4.79 Å². The minimum Gasteiger partial charge on any atom is -0.494 e. The van der Waals surface area contributed by atoms with Gasteiger partial charge in [-0.3, -0.25) is 14.2 Å². The Hall–Kier alpha value is -3.15. The quantitative estimate of drug-likeness (QED) is 0.407. The zero-order valence-electron chi connectivity index (χ0n) is 19.5. The molecule has 1 aromatic heterocycles. The molecule has 0 spiro atoms. The second-order valence-electron chi connectivity index (χ2n) is 7.87. The molecule has 0 N–H and O–H groups in total. The SMILES string of the molecule is CCCCCC(=O)N(CC)C(C)c1nc2ccccc2c(=O)n1-c1ccc(OCC)cc1. The zero-order valence-corrected chi connectivity index (χ0v) is 19.5. The number of hydrogen-bond donors (Lipinski definition) is 0. The Balaban J connectivity index is 2.11. The topological polar surface area (TPSA) is 64.4 Å². The number of nitrogens with zero attached hydrogens (tertiary/aromatic N) is 3. The summed E-state index contributed by atoms with van der Waals surface area (Å²) in [5.41, 5.74) is 1.19. The Morgan fingerprint density at radius 1 is 1.06 bits per heavy atom. The molecule has 0 bridgehead atoms. The first-order valence-corrected chi connectivity index (χ1v) is 11.6. The number of para-hydroxylation sites is 1. The molecule has 6 nitrogen and oxygen atoms in total. The number of hydrogen-bond acceptors (Lipinski definition) is 4. The molecule has 3 rings (SSSR count). The molecular weight excluding hydrogens is 402 g/mol. The van der Waals surface area contributed by atoms with Crippen molar-refractivity contribution in [2.45, 2.75) is 59.4 Å². The van der Waals surface area contributed by atoms with Crippen LogP contribution in [0.1, 0.15) is 65.2 Å². The van der Waals surface area contributed by atoms with Crippen molar-refractivity contribution >= 4 is 16.8 Å². The van der Waals surface area contributed by atoms with Gasteiger partial charge < -0.3 is 9.64 Å². The van der Waals surface area contributed by atoms with E-state index in [1.54, 1.807) is 10.6 Å². The van der Waals surface area contributed by atoms with E-state index in [4.69, 9.17) is 9.72 Å². The molecule has 1 amide bonds. The fourth-order valence-corrected chi connectivity index (χ4v) is 4.01. The van der Waals surface area contributed by atoms with Crippen molar-refractivity contribution in [2.24, 2.45) is 0 Å². The number of carbonyl (C=O) groups excluding carboxylic acids is 1. The van der Waals surface area contributed by atoms with Crippen LogP contribution in [0.25, 0.3) is 16.6 Å². The van der Waals surface area contributed by atoms with Crippen LogP contribution in [0.3, 0.4) is 0 Å². The molecule has 2 aromatic carbocycles. The molecule has 1 atom stereocenters. The summed E-state index contributed by atoms with van der Waals surface area (Å²) >= 11 is 0. The van der Waals surface area contributed by atoms with Gasteiger partial charge in [-0.25, -0.2) is 4.98 Å². The maximum atomic E-state index is 13.5. The summed E-state index contributed by atoms with van der Waals surface area (Å²) in [6, 6.07) is 14.4. The lowest BCUT2D eigenvalue weighted by Gasteiger charge is -2.29. The monoisotopic (exact) mass is 435 g/mol. The lowest BCUT2D eigenvalue weighted by Crippen LogP contribution is -2.37. The van der Waals surface area contributed by atoms with E-state index in [0.717, 1.165) is 25.0 Å². The number of carbonyl (C=O) groups is 1. The lowest BCUT2D eigenvalue weighted by molar-refractivity contribution is -0.133. The predicted molar refractivity (Wildman–Crippen MR) is 128 cm³/mol.